The van der Waals surface area contributed by atoms with E-state index in [9.17, 15) is 9.59 Å². The summed E-state index contributed by atoms with van der Waals surface area (Å²) in [7, 11) is 1.87. The Kier molecular flexibility index (Phi) is 6.01. The molecule has 0 bridgehead atoms. The van der Waals surface area contributed by atoms with Crippen molar-refractivity contribution in [1.82, 2.24) is 10.6 Å². The van der Waals surface area contributed by atoms with E-state index in [2.05, 4.69) is 15.8 Å². The summed E-state index contributed by atoms with van der Waals surface area (Å²) in [4.78, 5) is 23.9. The Morgan fingerprint density at radius 3 is 2.25 bits per heavy atom. The Bertz CT molecular complexity index is 727. The second-order valence-electron chi connectivity index (χ2n) is 5.08. The van der Waals surface area contributed by atoms with Crippen molar-refractivity contribution in [3.63, 3.8) is 0 Å². The van der Waals surface area contributed by atoms with Gasteiger partial charge in [-0.05, 0) is 0 Å². The van der Waals surface area contributed by atoms with Gasteiger partial charge in [-0.15, -0.1) is 0 Å². The molecule has 0 fully saturated rings. The summed E-state index contributed by atoms with van der Waals surface area (Å²) in [5.74, 6) is -0.728. The molecule has 24 heavy (non-hydrogen) atoms. The van der Waals surface area contributed by atoms with Gasteiger partial charge in [-0.2, -0.15) is 0 Å². The molecule has 3 N–H and O–H groups in total. The van der Waals surface area contributed by atoms with Gasteiger partial charge in [-0.3, -0.25) is 9.59 Å². The molecule has 2 rings (SSSR count). The molecule has 0 spiro atoms. The highest BCUT2D eigenvalue weighted by Gasteiger charge is 2.14. The Morgan fingerprint density at radius 1 is 1.00 bits per heavy atom. The first-order chi connectivity index (χ1) is 11.6. The fourth-order valence-electron chi connectivity index (χ4n) is 2.02. The van der Waals surface area contributed by atoms with Crippen LogP contribution in [0.3, 0.4) is 0 Å². The number of carbonyl (C=O) groups is 2. The predicted octanol–water partition coefficient (Wildman–Crippen LogP) is 0.236. The molecular formula is C17H19N4O3+. The lowest BCUT2D eigenvalue weighted by molar-refractivity contribution is -0.671. The van der Waals surface area contributed by atoms with Crippen LogP contribution in [0.4, 0.5) is 0 Å². The second-order valence-corrected chi connectivity index (χ2v) is 5.08. The first kappa shape index (κ1) is 17.1. The largest absolute Gasteiger partial charge is 0.410 e. The zero-order valence-corrected chi connectivity index (χ0v) is 13.3. The summed E-state index contributed by atoms with van der Waals surface area (Å²) < 4.78 is 1.83. The zero-order chi connectivity index (χ0) is 17.4. The van der Waals surface area contributed by atoms with E-state index < -0.39 is 5.91 Å². The molecule has 0 unspecified atom stereocenters. The van der Waals surface area contributed by atoms with Crippen LogP contribution < -0.4 is 15.2 Å². The van der Waals surface area contributed by atoms with Crippen molar-refractivity contribution in [2.75, 3.05) is 13.1 Å². The topological polar surface area (TPSA) is 94.7 Å². The lowest BCUT2D eigenvalue weighted by atomic mass is 10.1. The van der Waals surface area contributed by atoms with Crippen LogP contribution >= 0.6 is 0 Å². The first-order valence-corrected chi connectivity index (χ1v) is 7.41. The number of pyridine rings is 1. The minimum Gasteiger partial charge on any atom is -0.410 e. The molecule has 124 valence electrons. The molecule has 1 aromatic heterocycles. The van der Waals surface area contributed by atoms with Gasteiger partial charge < -0.3 is 15.8 Å². The summed E-state index contributed by atoms with van der Waals surface area (Å²) in [5, 5.41) is 17.4. The third kappa shape index (κ3) is 4.64. The van der Waals surface area contributed by atoms with E-state index in [4.69, 9.17) is 5.21 Å². The van der Waals surface area contributed by atoms with Crippen molar-refractivity contribution < 1.29 is 19.4 Å². The maximum atomic E-state index is 12.0. The standard InChI is InChI=1S/C17H18N4O3/c1-21-11-7-14(8-12-21)16(22)18-9-10-19-17(23)15(20-24)13-5-3-2-4-6-13/h2-8,11-12H,9-10H2,1H3,(H2-,18,19,22,23,24)/p+1. The van der Waals surface area contributed by atoms with Gasteiger partial charge in [0.15, 0.2) is 18.1 Å². The van der Waals surface area contributed by atoms with Crippen molar-refractivity contribution >= 4 is 17.5 Å². The lowest BCUT2D eigenvalue weighted by Crippen LogP contribution is -2.38. The highest BCUT2D eigenvalue weighted by Crippen LogP contribution is 2.01. The summed E-state index contributed by atoms with van der Waals surface area (Å²) in [5.41, 5.74) is 0.984. The van der Waals surface area contributed by atoms with E-state index >= 15 is 0 Å². The molecule has 0 atom stereocenters. The number of oxime groups is 1. The van der Waals surface area contributed by atoms with Crippen LogP contribution in [-0.4, -0.2) is 35.8 Å². The Morgan fingerprint density at radius 2 is 1.62 bits per heavy atom. The monoisotopic (exact) mass is 327 g/mol. The lowest BCUT2D eigenvalue weighted by Gasteiger charge is -2.08. The highest BCUT2D eigenvalue weighted by atomic mass is 16.4. The van der Waals surface area contributed by atoms with E-state index in [0.29, 0.717) is 11.1 Å². The van der Waals surface area contributed by atoms with Gasteiger partial charge in [-0.25, -0.2) is 4.57 Å². The normalized spacial score (nSPS) is 11.0. The van der Waals surface area contributed by atoms with Crippen molar-refractivity contribution in [1.29, 1.82) is 0 Å². The summed E-state index contributed by atoms with van der Waals surface area (Å²) in [6.45, 7) is 0.482. The van der Waals surface area contributed by atoms with Crippen LogP contribution in [0.5, 0.6) is 0 Å². The third-order valence-corrected chi connectivity index (χ3v) is 3.30. The van der Waals surface area contributed by atoms with Crippen LogP contribution in [0.25, 0.3) is 0 Å². The number of nitrogens with zero attached hydrogens (tertiary/aromatic N) is 2. The maximum Gasteiger partial charge on any atom is 0.274 e. The molecule has 0 saturated heterocycles. The zero-order valence-electron chi connectivity index (χ0n) is 13.3. The van der Waals surface area contributed by atoms with E-state index in [0.717, 1.165) is 0 Å². The minimum atomic E-state index is -0.510. The van der Waals surface area contributed by atoms with Gasteiger partial charge in [0.25, 0.3) is 11.8 Å². The van der Waals surface area contributed by atoms with Gasteiger partial charge in [0.2, 0.25) is 0 Å². The number of nitrogens with one attached hydrogen (secondary N) is 2. The van der Waals surface area contributed by atoms with Gasteiger partial charge in [0.1, 0.15) is 7.05 Å². The quantitative estimate of drug-likeness (QED) is 0.233. The fourth-order valence-corrected chi connectivity index (χ4v) is 2.02. The smallest absolute Gasteiger partial charge is 0.274 e. The molecule has 1 aromatic carbocycles. The molecule has 1 heterocycles. The second kappa shape index (κ2) is 8.42. The minimum absolute atomic E-state index is 0.0718. The van der Waals surface area contributed by atoms with Crippen LogP contribution in [0.1, 0.15) is 15.9 Å². The van der Waals surface area contributed by atoms with Crippen molar-refractivity contribution in [3.05, 3.63) is 66.0 Å². The van der Waals surface area contributed by atoms with Crippen LogP contribution in [0.15, 0.2) is 60.0 Å². The van der Waals surface area contributed by atoms with Crippen LogP contribution in [0, 0.1) is 0 Å². The van der Waals surface area contributed by atoms with Gasteiger partial charge in [-0.1, -0.05) is 35.5 Å². The predicted molar refractivity (Wildman–Crippen MR) is 87.7 cm³/mol. The molecule has 7 heteroatoms. The average molecular weight is 327 g/mol. The van der Waals surface area contributed by atoms with Crippen LogP contribution in [0.2, 0.25) is 0 Å². The summed E-state index contributed by atoms with van der Waals surface area (Å²) >= 11 is 0. The van der Waals surface area contributed by atoms with Crippen LogP contribution in [-0.2, 0) is 11.8 Å². The molecule has 2 amide bonds. The third-order valence-electron chi connectivity index (χ3n) is 3.30. The van der Waals surface area contributed by atoms with E-state index in [-0.39, 0.29) is 24.7 Å². The molecule has 7 nitrogen and oxygen atoms in total. The highest BCUT2D eigenvalue weighted by molar-refractivity contribution is 6.45. The molecule has 0 radical (unpaired) electrons. The van der Waals surface area contributed by atoms with Gasteiger partial charge >= 0.3 is 0 Å². The first-order valence-electron chi connectivity index (χ1n) is 7.41. The van der Waals surface area contributed by atoms with E-state index in [1.807, 2.05) is 11.6 Å². The number of rotatable bonds is 6. The molecular weight excluding hydrogens is 308 g/mol. The molecule has 0 aliphatic rings. The number of amides is 2. The number of hydrogen-bond donors (Lipinski definition) is 3. The number of benzene rings is 1. The fraction of sp³-hybridized carbons (Fsp3) is 0.176. The number of aromatic nitrogens is 1. The Hall–Kier alpha value is -3.22. The number of carbonyl (C=O) groups excluding carboxylic acids is 2. The molecule has 0 aliphatic carbocycles. The summed E-state index contributed by atoms with van der Waals surface area (Å²) in [6, 6.07) is 12.1. The van der Waals surface area contributed by atoms with Crippen molar-refractivity contribution in [3.8, 4) is 0 Å². The Balaban J connectivity index is 1.80. The van der Waals surface area contributed by atoms with Crippen molar-refractivity contribution in [2.24, 2.45) is 12.2 Å². The number of aryl methyl sites for hydroxylation is 1. The average Bonchev–Trinajstić information content (AvgIpc) is 2.61. The van der Waals surface area contributed by atoms with E-state index in [1.165, 1.54) is 0 Å². The van der Waals surface area contributed by atoms with Crippen molar-refractivity contribution in [2.45, 2.75) is 0 Å². The summed E-state index contributed by atoms with van der Waals surface area (Å²) in [6.07, 6.45) is 3.56. The van der Waals surface area contributed by atoms with E-state index in [1.54, 1.807) is 54.9 Å². The van der Waals surface area contributed by atoms with Gasteiger partial charge in [0.05, 0.1) is 5.56 Å². The molecule has 0 aliphatic heterocycles. The number of hydrogen-bond acceptors (Lipinski definition) is 4. The molecule has 2 aromatic rings. The maximum absolute atomic E-state index is 12.0. The van der Waals surface area contributed by atoms with Gasteiger partial charge in [0, 0.05) is 30.8 Å². The molecule has 0 saturated carbocycles. The Labute approximate surface area is 139 Å². The SMILES string of the molecule is C[n+]1ccc(C(=O)NCCNC(=O)/C(=N\O)c2ccccc2)cc1.